The monoisotopic (exact) mass is 533 g/mol. The molecule has 1 aliphatic heterocycles. The molecule has 0 N–H and O–H groups in total. The molecule has 1 aliphatic rings. The molecule has 4 aromatic rings. The molecule has 3 aromatic heterocycles. The van der Waals surface area contributed by atoms with Crippen molar-refractivity contribution < 1.29 is 13.9 Å². The lowest BCUT2D eigenvalue weighted by atomic mass is 10.0. The first-order chi connectivity index (χ1) is 18.2. The van der Waals surface area contributed by atoms with Gasteiger partial charge in [0.2, 0.25) is 11.8 Å². The van der Waals surface area contributed by atoms with Crippen LogP contribution in [-0.4, -0.2) is 49.5 Å². The highest BCUT2D eigenvalue weighted by atomic mass is 35.5. The van der Waals surface area contributed by atoms with Crippen molar-refractivity contribution in [1.82, 2.24) is 24.4 Å². The smallest absolute Gasteiger partial charge is 0.357 e. The summed E-state index contributed by atoms with van der Waals surface area (Å²) in [4.78, 5) is 40.5. The molecule has 0 radical (unpaired) electrons. The third-order valence-electron chi connectivity index (χ3n) is 6.45. The third-order valence-corrected chi connectivity index (χ3v) is 6.74. The highest BCUT2D eigenvalue weighted by molar-refractivity contribution is 6.33. The summed E-state index contributed by atoms with van der Waals surface area (Å²) >= 11 is 6.62. The van der Waals surface area contributed by atoms with Gasteiger partial charge in [0, 0.05) is 11.8 Å². The van der Waals surface area contributed by atoms with Crippen molar-refractivity contribution in [3.05, 3.63) is 87.8 Å². The molecule has 194 valence electrons. The fraction of sp³-hybridized carbons (Fsp3) is 0.250. The summed E-state index contributed by atoms with van der Waals surface area (Å²) in [5.74, 6) is -0.670. The minimum absolute atomic E-state index is 0.00975. The molecular weight excluding hydrogens is 509 g/mol. The van der Waals surface area contributed by atoms with Crippen LogP contribution in [0.15, 0.2) is 60.0 Å². The number of hydrogen-bond acceptors (Lipinski definition) is 6. The molecule has 0 atom stereocenters. The SMILES string of the molecule is C=CC(=O)N1CC(Oc2nc(=O)n(-c3c(C)ccnc3C(C)C)c3nc(-c4ccccc4F)c(Cl)cc23)C1. The fourth-order valence-electron chi connectivity index (χ4n) is 4.49. The van der Waals surface area contributed by atoms with Crippen molar-refractivity contribution in [2.24, 2.45) is 0 Å². The Morgan fingerprint density at radius 3 is 2.66 bits per heavy atom. The van der Waals surface area contributed by atoms with Crippen LogP contribution in [0, 0.1) is 12.7 Å². The number of aromatic nitrogens is 4. The first-order valence-corrected chi connectivity index (χ1v) is 12.5. The molecule has 38 heavy (non-hydrogen) atoms. The van der Waals surface area contributed by atoms with Crippen LogP contribution < -0.4 is 10.4 Å². The second kappa shape index (κ2) is 9.98. The van der Waals surface area contributed by atoms with Crippen LogP contribution in [0.3, 0.4) is 0 Å². The average Bonchev–Trinajstić information content (AvgIpc) is 2.86. The molecule has 0 unspecified atom stereocenters. The summed E-state index contributed by atoms with van der Waals surface area (Å²) in [6.45, 7) is 9.97. The van der Waals surface area contributed by atoms with E-state index in [0.717, 1.165) is 5.56 Å². The average molecular weight is 534 g/mol. The van der Waals surface area contributed by atoms with Crippen molar-refractivity contribution in [2.75, 3.05) is 13.1 Å². The lowest BCUT2D eigenvalue weighted by Crippen LogP contribution is -2.55. The van der Waals surface area contributed by atoms with Crippen LogP contribution in [0.25, 0.3) is 28.0 Å². The maximum Gasteiger partial charge on any atom is 0.357 e. The van der Waals surface area contributed by atoms with Gasteiger partial charge in [0.25, 0.3) is 0 Å². The van der Waals surface area contributed by atoms with Crippen molar-refractivity contribution >= 4 is 28.5 Å². The fourth-order valence-corrected chi connectivity index (χ4v) is 4.75. The third kappa shape index (κ3) is 4.43. The molecule has 1 fully saturated rings. The molecule has 8 nitrogen and oxygen atoms in total. The molecule has 1 amide bonds. The van der Waals surface area contributed by atoms with Crippen LogP contribution in [0.1, 0.15) is 31.0 Å². The van der Waals surface area contributed by atoms with Crippen molar-refractivity contribution in [3.63, 3.8) is 0 Å². The predicted molar refractivity (Wildman–Crippen MR) is 143 cm³/mol. The van der Waals surface area contributed by atoms with E-state index in [9.17, 15) is 14.0 Å². The van der Waals surface area contributed by atoms with E-state index in [1.165, 1.54) is 16.7 Å². The van der Waals surface area contributed by atoms with Gasteiger partial charge in [-0.15, -0.1) is 0 Å². The minimum Gasteiger partial charge on any atom is -0.470 e. The number of hydrogen-bond donors (Lipinski definition) is 0. The number of likely N-dealkylation sites (tertiary alicyclic amines) is 1. The van der Waals surface area contributed by atoms with Gasteiger partial charge in [-0.1, -0.05) is 44.2 Å². The minimum atomic E-state index is -0.627. The summed E-state index contributed by atoms with van der Waals surface area (Å²) in [6.07, 6.45) is 2.55. The lowest BCUT2D eigenvalue weighted by Gasteiger charge is -2.38. The number of pyridine rings is 2. The van der Waals surface area contributed by atoms with Crippen LogP contribution in [0.4, 0.5) is 4.39 Å². The Bertz CT molecular complexity index is 1650. The maximum absolute atomic E-state index is 14.8. The molecule has 5 rings (SSSR count). The quantitative estimate of drug-likeness (QED) is 0.329. The number of nitrogens with zero attached hydrogens (tertiary/aromatic N) is 5. The lowest BCUT2D eigenvalue weighted by molar-refractivity contribution is -0.134. The number of rotatable bonds is 6. The van der Waals surface area contributed by atoms with Gasteiger partial charge in [0.1, 0.15) is 11.9 Å². The summed E-state index contributed by atoms with van der Waals surface area (Å²) in [6, 6.07) is 9.54. The van der Waals surface area contributed by atoms with Gasteiger partial charge in [0.15, 0.2) is 5.65 Å². The largest absolute Gasteiger partial charge is 0.470 e. The summed E-state index contributed by atoms with van der Waals surface area (Å²) in [5, 5.41) is 0.546. The van der Waals surface area contributed by atoms with E-state index in [4.69, 9.17) is 21.3 Å². The Kier molecular flexibility index (Phi) is 6.71. The van der Waals surface area contributed by atoms with Crippen molar-refractivity contribution in [1.29, 1.82) is 0 Å². The molecule has 1 aromatic carbocycles. The molecule has 0 spiro atoms. The van der Waals surface area contributed by atoms with Gasteiger partial charge in [0.05, 0.1) is 40.6 Å². The maximum atomic E-state index is 14.8. The Morgan fingerprint density at radius 2 is 1.97 bits per heavy atom. The zero-order valence-corrected chi connectivity index (χ0v) is 21.9. The van der Waals surface area contributed by atoms with Crippen molar-refractivity contribution in [3.8, 4) is 22.8 Å². The van der Waals surface area contributed by atoms with Gasteiger partial charge in [-0.2, -0.15) is 4.98 Å². The first kappa shape index (κ1) is 25.5. The van der Waals surface area contributed by atoms with Crippen LogP contribution >= 0.6 is 11.6 Å². The number of amides is 1. The van der Waals surface area contributed by atoms with E-state index in [-0.39, 0.29) is 45.7 Å². The molecule has 0 bridgehead atoms. The Hall–Kier alpha value is -4.11. The van der Waals surface area contributed by atoms with E-state index < -0.39 is 11.5 Å². The van der Waals surface area contributed by atoms with Gasteiger partial charge < -0.3 is 9.64 Å². The Morgan fingerprint density at radius 1 is 1.24 bits per heavy atom. The van der Waals surface area contributed by atoms with E-state index in [1.807, 2.05) is 20.8 Å². The van der Waals surface area contributed by atoms with Crippen LogP contribution in [-0.2, 0) is 4.79 Å². The zero-order chi connectivity index (χ0) is 27.1. The topological polar surface area (TPSA) is 90.2 Å². The molecule has 0 saturated carbocycles. The summed E-state index contributed by atoms with van der Waals surface area (Å²) < 4.78 is 22.2. The molecule has 4 heterocycles. The van der Waals surface area contributed by atoms with E-state index in [2.05, 4.69) is 16.5 Å². The first-order valence-electron chi connectivity index (χ1n) is 12.1. The summed E-state index contributed by atoms with van der Waals surface area (Å²) in [5.41, 5.74) is 1.99. The second-order valence-electron chi connectivity index (χ2n) is 9.41. The summed E-state index contributed by atoms with van der Waals surface area (Å²) in [7, 11) is 0. The number of benzene rings is 1. The van der Waals surface area contributed by atoms with E-state index in [1.54, 1.807) is 41.4 Å². The number of ether oxygens (including phenoxy) is 1. The number of carbonyl (C=O) groups is 1. The zero-order valence-electron chi connectivity index (χ0n) is 21.1. The second-order valence-corrected chi connectivity index (χ2v) is 9.82. The predicted octanol–water partition coefficient (Wildman–Crippen LogP) is 4.84. The standard InChI is InChI=1S/C28H25ClFN5O3/c1-5-22(36)34-13-17(14-34)38-27-19-12-20(29)24(18-8-6-7-9-21(18)30)32-26(19)35(28(37)33-27)25-16(4)10-11-31-23(25)15(2)3/h5-12,15,17H,1,13-14H2,2-4H3. The normalized spacial score (nSPS) is 13.6. The van der Waals surface area contributed by atoms with Gasteiger partial charge in [-0.25, -0.2) is 18.7 Å². The number of halogens is 2. The molecule has 10 heteroatoms. The van der Waals surface area contributed by atoms with Gasteiger partial charge in [-0.05, 0) is 48.7 Å². The number of aryl methyl sites for hydroxylation is 1. The van der Waals surface area contributed by atoms with Gasteiger partial charge in [-0.3, -0.25) is 9.78 Å². The molecule has 0 aliphatic carbocycles. The number of carbonyl (C=O) groups excluding carboxylic acids is 1. The van der Waals surface area contributed by atoms with E-state index in [0.29, 0.717) is 29.9 Å². The highest BCUT2D eigenvalue weighted by Crippen LogP contribution is 2.35. The number of fused-ring (bicyclic) bond motifs is 1. The highest BCUT2D eigenvalue weighted by Gasteiger charge is 2.32. The molecular formula is C28H25ClFN5O3. The Labute approximate surface area is 223 Å². The molecule has 1 saturated heterocycles. The van der Waals surface area contributed by atoms with Crippen LogP contribution in [0.5, 0.6) is 5.88 Å². The van der Waals surface area contributed by atoms with Gasteiger partial charge >= 0.3 is 5.69 Å². The van der Waals surface area contributed by atoms with Crippen LogP contribution in [0.2, 0.25) is 5.02 Å². The van der Waals surface area contributed by atoms with E-state index >= 15 is 0 Å². The van der Waals surface area contributed by atoms with Crippen molar-refractivity contribution in [2.45, 2.75) is 32.8 Å². The Balaban J connectivity index is 1.75.